The molecule has 12 nitrogen and oxygen atoms in total. The third-order valence-corrected chi connectivity index (χ3v) is 5.71. The van der Waals surface area contributed by atoms with E-state index in [1.54, 1.807) is 0 Å². The van der Waals surface area contributed by atoms with E-state index in [-0.39, 0.29) is 19.8 Å². The van der Waals surface area contributed by atoms with Crippen molar-refractivity contribution in [1.82, 2.24) is 0 Å². The first-order valence-corrected chi connectivity index (χ1v) is 14.7. The topological polar surface area (TPSA) is 137 Å². The molecule has 0 fully saturated rings. The van der Waals surface area contributed by atoms with Crippen LogP contribution >= 0.6 is 0 Å². The maximum atomic E-state index is 10.3. The lowest BCUT2D eigenvalue weighted by molar-refractivity contribution is -0.0219. The SMILES string of the molecule is CCC(C)c1ccc(OCCOCCOCCOCCOCCOCCOCCOCCOS(=O)(=O)O)cc1. The monoisotopic (exact) mass is 582 g/mol. The molecule has 13 heteroatoms. The Morgan fingerprint density at radius 2 is 0.923 bits per heavy atom. The summed E-state index contributed by atoms with van der Waals surface area (Å²) in [6.45, 7) is 10.5. The van der Waals surface area contributed by atoms with Crippen molar-refractivity contribution in [3.8, 4) is 5.75 Å². The molecule has 1 N–H and O–H groups in total. The highest BCUT2D eigenvalue weighted by molar-refractivity contribution is 7.80. The average molecular weight is 583 g/mol. The molecule has 0 aliphatic heterocycles. The minimum Gasteiger partial charge on any atom is -0.491 e. The number of benzene rings is 1. The first kappa shape index (κ1) is 35.6. The van der Waals surface area contributed by atoms with Crippen LogP contribution in [0, 0.1) is 0 Å². The zero-order valence-corrected chi connectivity index (χ0v) is 24.1. The van der Waals surface area contributed by atoms with Gasteiger partial charge in [0.25, 0.3) is 0 Å². The maximum Gasteiger partial charge on any atom is 0.397 e. The van der Waals surface area contributed by atoms with Gasteiger partial charge in [-0.1, -0.05) is 26.0 Å². The van der Waals surface area contributed by atoms with Gasteiger partial charge in [0.1, 0.15) is 12.4 Å². The smallest absolute Gasteiger partial charge is 0.397 e. The Morgan fingerprint density at radius 3 is 1.26 bits per heavy atom. The van der Waals surface area contributed by atoms with E-state index in [0.717, 1.165) is 12.2 Å². The van der Waals surface area contributed by atoms with Gasteiger partial charge >= 0.3 is 10.4 Å². The van der Waals surface area contributed by atoms with E-state index >= 15 is 0 Å². The summed E-state index contributed by atoms with van der Waals surface area (Å²) in [7, 11) is -4.42. The van der Waals surface area contributed by atoms with Crippen molar-refractivity contribution in [2.45, 2.75) is 26.2 Å². The molecule has 0 amide bonds. The fraction of sp³-hybridized carbons (Fsp3) is 0.769. The Kier molecular flexibility index (Phi) is 22.3. The normalized spacial score (nSPS) is 12.6. The Labute approximate surface area is 233 Å². The Hall–Kier alpha value is -1.39. The molecule has 0 aromatic heterocycles. The van der Waals surface area contributed by atoms with E-state index in [1.807, 2.05) is 12.1 Å². The van der Waals surface area contributed by atoms with Crippen LogP contribution in [-0.4, -0.2) is 119 Å². The van der Waals surface area contributed by atoms with Gasteiger partial charge in [-0.2, -0.15) is 8.42 Å². The Bertz CT molecular complexity index is 776. The molecule has 1 unspecified atom stereocenters. The summed E-state index contributed by atoms with van der Waals surface area (Å²) < 4.78 is 76.4. The van der Waals surface area contributed by atoms with Gasteiger partial charge in [0.15, 0.2) is 0 Å². The summed E-state index contributed by atoms with van der Waals surface area (Å²) >= 11 is 0. The van der Waals surface area contributed by atoms with Gasteiger partial charge in [-0.05, 0) is 30.0 Å². The van der Waals surface area contributed by atoms with Gasteiger partial charge in [-0.3, -0.25) is 4.55 Å². The number of ether oxygens (including phenoxy) is 8. The lowest BCUT2D eigenvalue weighted by Crippen LogP contribution is -2.15. The molecule has 0 saturated heterocycles. The van der Waals surface area contributed by atoms with Gasteiger partial charge < -0.3 is 37.9 Å². The standard InChI is InChI=1S/C26H46O12S/c1-3-24(2)25-4-6-26(7-5-25)37-22-20-35-18-16-33-14-12-31-10-8-30-9-11-32-13-15-34-17-19-36-21-23-38-39(27,28)29/h4-7,24H,3,8-23H2,1-2H3,(H,27,28,29). The average Bonchev–Trinajstić information content (AvgIpc) is 2.92. The summed E-state index contributed by atoms with van der Waals surface area (Å²) in [5.41, 5.74) is 1.33. The van der Waals surface area contributed by atoms with Crippen LogP contribution in [0.5, 0.6) is 5.75 Å². The molecule has 1 aromatic carbocycles. The van der Waals surface area contributed by atoms with Crippen molar-refractivity contribution in [2.24, 2.45) is 0 Å². The fourth-order valence-electron chi connectivity index (χ4n) is 2.97. The minimum absolute atomic E-state index is 0.0360. The zero-order chi connectivity index (χ0) is 28.4. The second-order valence-corrected chi connectivity index (χ2v) is 9.35. The molecular formula is C26H46O12S. The molecule has 0 aliphatic rings. The zero-order valence-electron chi connectivity index (χ0n) is 23.3. The van der Waals surface area contributed by atoms with Crippen LogP contribution in [0.4, 0.5) is 0 Å². The summed E-state index contributed by atoms with van der Waals surface area (Å²) in [6.07, 6.45) is 1.12. The van der Waals surface area contributed by atoms with Crippen molar-refractivity contribution >= 4 is 10.4 Å². The van der Waals surface area contributed by atoms with Gasteiger partial charge in [0.2, 0.25) is 0 Å². The predicted octanol–water partition coefficient (Wildman–Crippen LogP) is 2.51. The van der Waals surface area contributed by atoms with Crippen LogP contribution < -0.4 is 4.74 Å². The molecule has 39 heavy (non-hydrogen) atoms. The molecule has 1 rings (SSSR count). The van der Waals surface area contributed by atoms with Crippen molar-refractivity contribution < 1.29 is 55.0 Å². The molecule has 1 atom stereocenters. The van der Waals surface area contributed by atoms with Crippen LogP contribution in [0.15, 0.2) is 24.3 Å². The van der Waals surface area contributed by atoms with Crippen LogP contribution in [-0.2, 0) is 47.7 Å². The first-order chi connectivity index (χ1) is 18.9. The highest BCUT2D eigenvalue weighted by Crippen LogP contribution is 2.21. The molecular weight excluding hydrogens is 536 g/mol. The van der Waals surface area contributed by atoms with Crippen LogP contribution in [0.1, 0.15) is 31.7 Å². The lowest BCUT2D eigenvalue weighted by atomic mass is 9.99. The summed E-state index contributed by atoms with van der Waals surface area (Å²) in [4.78, 5) is 0. The van der Waals surface area contributed by atoms with Gasteiger partial charge in [-0.25, -0.2) is 4.18 Å². The highest BCUT2D eigenvalue weighted by atomic mass is 32.3. The van der Waals surface area contributed by atoms with Crippen LogP contribution in [0.2, 0.25) is 0 Å². The summed E-state index contributed by atoms with van der Waals surface area (Å²) in [5.74, 6) is 1.41. The molecule has 0 heterocycles. The first-order valence-electron chi connectivity index (χ1n) is 13.3. The van der Waals surface area contributed by atoms with E-state index < -0.39 is 10.4 Å². The van der Waals surface area contributed by atoms with Crippen molar-refractivity contribution in [1.29, 1.82) is 0 Å². The lowest BCUT2D eigenvalue weighted by Gasteiger charge is -2.11. The molecule has 0 spiro atoms. The second-order valence-electron chi connectivity index (χ2n) is 8.26. The third kappa shape index (κ3) is 23.1. The quantitative estimate of drug-likeness (QED) is 0.115. The summed E-state index contributed by atoms with van der Waals surface area (Å²) in [6, 6.07) is 8.24. The molecule has 228 valence electrons. The van der Waals surface area contributed by atoms with E-state index in [2.05, 4.69) is 30.2 Å². The van der Waals surface area contributed by atoms with E-state index in [9.17, 15) is 8.42 Å². The Balaban J connectivity index is 1.72. The van der Waals surface area contributed by atoms with E-state index in [4.69, 9.17) is 42.4 Å². The van der Waals surface area contributed by atoms with E-state index in [0.29, 0.717) is 91.8 Å². The molecule has 0 radical (unpaired) electrons. The third-order valence-electron chi connectivity index (χ3n) is 5.25. The van der Waals surface area contributed by atoms with Crippen molar-refractivity contribution in [2.75, 3.05) is 106 Å². The van der Waals surface area contributed by atoms with Crippen LogP contribution in [0.3, 0.4) is 0 Å². The molecule has 0 bridgehead atoms. The largest absolute Gasteiger partial charge is 0.491 e. The van der Waals surface area contributed by atoms with Gasteiger partial charge in [0, 0.05) is 0 Å². The fourth-order valence-corrected chi connectivity index (χ4v) is 3.25. The maximum absolute atomic E-state index is 10.3. The van der Waals surface area contributed by atoms with Gasteiger partial charge in [0.05, 0.1) is 99.1 Å². The Morgan fingerprint density at radius 1 is 0.590 bits per heavy atom. The molecule has 1 aromatic rings. The second kappa shape index (κ2) is 24.4. The number of rotatable bonds is 28. The minimum atomic E-state index is -4.42. The molecule has 0 aliphatic carbocycles. The number of hydrogen-bond acceptors (Lipinski definition) is 11. The van der Waals surface area contributed by atoms with Crippen molar-refractivity contribution in [3.05, 3.63) is 29.8 Å². The van der Waals surface area contributed by atoms with Crippen LogP contribution in [0.25, 0.3) is 0 Å². The highest BCUT2D eigenvalue weighted by Gasteiger charge is 2.04. The van der Waals surface area contributed by atoms with Gasteiger partial charge in [-0.15, -0.1) is 0 Å². The van der Waals surface area contributed by atoms with E-state index in [1.165, 1.54) is 5.56 Å². The molecule has 0 saturated carbocycles. The van der Waals surface area contributed by atoms with Crippen molar-refractivity contribution in [3.63, 3.8) is 0 Å². The number of hydrogen-bond donors (Lipinski definition) is 1. The predicted molar refractivity (Wildman–Crippen MR) is 144 cm³/mol. The summed E-state index contributed by atoms with van der Waals surface area (Å²) in [5, 5.41) is 0.